The third-order valence-corrected chi connectivity index (χ3v) is 5.23. The van der Waals surface area contributed by atoms with Gasteiger partial charge in [0.2, 0.25) is 0 Å². The summed E-state index contributed by atoms with van der Waals surface area (Å²) in [6, 6.07) is 5.94. The van der Waals surface area contributed by atoms with Crippen molar-refractivity contribution >= 4 is 11.8 Å². The van der Waals surface area contributed by atoms with E-state index in [0.717, 1.165) is 28.5 Å². The Hall–Kier alpha value is -2.54. The first-order chi connectivity index (χ1) is 13.6. The summed E-state index contributed by atoms with van der Waals surface area (Å²) in [5.41, 5.74) is 3.88. The molecule has 2 aromatic rings. The Kier molecular flexibility index (Phi) is 5.89. The zero-order valence-electron chi connectivity index (χ0n) is 18.3. The summed E-state index contributed by atoms with van der Waals surface area (Å²) in [7, 11) is 0. The minimum absolute atomic E-state index is 0.109. The van der Waals surface area contributed by atoms with Crippen LogP contribution < -0.4 is 4.90 Å². The standard InChI is InChI=1S/C22H32N4O3/c1-15-11-20(26-16(2)7-8-17(26)3)23-12-19(15)24-9-10-25(18(13-24)14-27)21(28)29-22(4,5)6/h7-8,11-12,18,27H,9-10,13-14H2,1-6H3. The molecule has 1 saturated heterocycles. The van der Waals surface area contributed by atoms with Gasteiger partial charge in [-0.1, -0.05) is 0 Å². The molecule has 0 saturated carbocycles. The molecule has 0 aromatic carbocycles. The van der Waals surface area contributed by atoms with Gasteiger partial charge in [-0.15, -0.1) is 0 Å². The predicted molar refractivity (Wildman–Crippen MR) is 114 cm³/mol. The largest absolute Gasteiger partial charge is 0.444 e. The molecule has 1 fully saturated rings. The van der Waals surface area contributed by atoms with Crippen LogP contribution in [0.1, 0.15) is 37.7 Å². The predicted octanol–water partition coefficient (Wildman–Crippen LogP) is 3.22. The van der Waals surface area contributed by atoms with Crippen molar-refractivity contribution in [2.24, 2.45) is 0 Å². The SMILES string of the molecule is Cc1cc(-n2c(C)ccc2C)ncc1N1CCN(C(=O)OC(C)(C)C)C(CO)C1. The molecule has 158 valence electrons. The minimum Gasteiger partial charge on any atom is -0.444 e. The van der Waals surface area contributed by atoms with Crippen LogP contribution >= 0.6 is 0 Å². The fourth-order valence-electron chi connectivity index (χ4n) is 3.81. The van der Waals surface area contributed by atoms with E-state index in [1.165, 1.54) is 0 Å². The summed E-state index contributed by atoms with van der Waals surface area (Å²) in [6.07, 6.45) is 1.51. The number of carbonyl (C=O) groups excluding carboxylic acids is 1. The maximum absolute atomic E-state index is 12.5. The minimum atomic E-state index is -0.556. The van der Waals surface area contributed by atoms with Gasteiger partial charge >= 0.3 is 6.09 Å². The molecule has 1 N–H and O–H groups in total. The first-order valence-corrected chi connectivity index (χ1v) is 10.1. The number of aromatic nitrogens is 2. The lowest BCUT2D eigenvalue weighted by Crippen LogP contribution is -2.57. The molecule has 0 spiro atoms. The number of rotatable bonds is 3. The maximum Gasteiger partial charge on any atom is 0.410 e. The van der Waals surface area contributed by atoms with Crippen molar-refractivity contribution < 1.29 is 14.6 Å². The van der Waals surface area contributed by atoms with Gasteiger partial charge in [0.05, 0.1) is 24.5 Å². The van der Waals surface area contributed by atoms with Crippen molar-refractivity contribution in [1.29, 1.82) is 0 Å². The van der Waals surface area contributed by atoms with Crippen LogP contribution in [0.2, 0.25) is 0 Å². The van der Waals surface area contributed by atoms with E-state index in [-0.39, 0.29) is 18.7 Å². The number of aryl methyl sites for hydroxylation is 3. The van der Waals surface area contributed by atoms with Gasteiger partial charge in [0.25, 0.3) is 0 Å². The summed E-state index contributed by atoms with van der Waals surface area (Å²) in [4.78, 5) is 21.0. The average molecular weight is 401 g/mol. The zero-order chi connectivity index (χ0) is 21.3. The lowest BCUT2D eigenvalue weighted by molar-refractivity contribution is 0.00704. The molecule has 1 aliphatic rings. The molecule has 1 amide bonds. The second-order valence-electron chi connectivity index (χ2n) is 8.74. The Morgan fingerprint density at radius 3 is 2.41 bits per heavy atom. The lowest BCUT2D eigenvalue weighted by Gasteiger charge is -2.42. The van der Waals surface area contributed by atoms with Crippen molar-refractivity contribution in [2.75, 3.05) is 31.1 Å². The molecular weight excluding hydrogens is 368 g/mol. The van der Waals surface area contributed by atoms with Crippen molar-refractivity contribution in [2.45, 2.75) is 53.2 Å². The first-order valence-electron chi connectivity index (χ1n) is 10.1. The number of anilines is 1. The zero-order valence-corrected chi connectivity index (χ0v) is 18.3. The molecule has 3 heterocycles. The van der Waals surface area contributed by atoms with Gasteiger partial charge in [0.1, 0.15) is 11.4 Å². The number of piperazine rings is 1. The summed E-state index contributed by atoms with van der Waals surface area (Å²) >= 11 is 0. The summed E-state index contributed by atoms with van der Waals surface area (Å²) in [6.45, 7) is 13.3. The average Bonchev–Trinajstić information content (AvgIpc) is 2.98. The van der Waals surface area contributed by atoms with Crippen LogP contribution in [0.3, 0.4) is 0 Å². The van der Waals surface area contributed by atoms with Crippen LogP contribution in [-0.2, 0) is 4.74 Å². The van der Waals surface area contributed by atoms with Crippen molar-refractivity contribution in [1.82, 2.24) is 14.5 Å². The molecule has 1 unspecified atom stereocenters. The van der Waals surface area contributed by atoms with Crippen molar-refractivity contribution in [3.63, 3.8) is 0 Å². The molecule has 29 heavy (non-hydrogen) atoms. The van der Waals surface area contributed by atoms with Gasteiger partial charge in [-0.3, -0.25) is 4.90 Å². The number of hydrogen-bond acceptors (Lipinski definition) is 5. The molecule has 0 aliphatic carbocycles. The number of aliphatic hydroxyl groups is 1. The highest BCUT2D eigenvalue weighted by Crippen LogP contribution is 2.26. The number of carbonyl (C=O) groups is 1. The Balaban J connectivity index is 1.78. The summed E-state index contributed by atoms with van der Waals surface area (Å²) < 4.78 is 7.63. The quantitative estimate of drug-likeness (QED) is 0.857. The number of hydrogen-bond donors (Lipinski definition) is 1. The molecular formula is C22H32N4O3. The fourth-order valence-corrected chi connectivity index (χ4v) is 3.81. The number of aliphatic hydroxyl groups excluding tert-OH is 1. The van der Waals surface area contributed by atoms with E-state index in [1.807, 2.05) is 27.0 Å². The van der Waals surface area contributed by atoms with Crippen molar-refractivity contribution in [3.05, 3.63) is 41.3 Å². The fraction of sp³-hybridized carbons (Fsp3) is 0.545. The van der Waals surface area contributed by atoms with Gasteiger partial charge in [-0.25, -0.2) is 9.78 Å². The Morgan fingerprint density at radius 2 is 1.86 bits per heavy atom. The first kappa shape index (κ1) is 21.2. The van der Waals surface area contributed by atoms with Gasteiger partial charge < -0.3 is 19.3 Å². The van der Waals surface area contributed by atoms with Crippen LogP contribution in [0, 0.1) is 20.8 Å². The third kappa shape index (κ3) is 4.56. The Morgan fingerprint density at radius 1 is 1.21 bits per heavy atom. The number of ether oxygens (including phenoxy) is 1. The molecule has 0 radical (unpaired) electrons. The van der Waals surface area contributed by atoms with E-state index < -0.39 is 5.60 Å². The lowest BCUT2D eigenvalue weighted by atomic mass is 10.1. The van der Waals surface area contributed by atoms with Crippen LogP contribution in [0.25, 0.3) is 5.82 Å². The normalized spacial score (nSPS) is 17.6. The van der Waals surface area contributed by atoms with E-state index in [0.29, 0.717) is 19.6 Å². The van der Waals surface area contributed by atoms with Gasteiger partial charge in [0, 0.05) is 31.0 Å². The van der Waals surface area contributed by atoms with Gasteiger partial charge in [-0.05, 0) is 65.3 Å². The molecule has 2 aromatic heterocycles. The summed E-state index contributed by atoms with van der Waals surface area (Å²) in [5.74, 6) is 0.900. The summed E-state index contributed by atoms with van der Waals surface area (Å²) in [5, 5.41) is 9.88. The number of pyridine rings is 1. The molecule has 3 rings (SSSR count). The van der Waals surface area contributed by atoms with Crippen molar-refractivity contribution in [3.8, 4) is 5.82 Å². The van der Waals surface area contributed by atoms with E-state index in [9.17, 15) is 9.90 Å². The molecule has 1 aliphatic heterocycles. The molecule has 7 nitrogen and oxygen atoms in total. The Labute approximate surface area is 172 Å². The van der Waals surface area contributed by atoms with E-state index in [4.69, 9.17) is 4.74 Å². The highest BCUT2D eigenvalue weighted by molar-refractivity contribution is 5.69. The van der Waals surface area contributed by atoms with Crippen LogP contribution in [-0.4, -0.2) is 63.5 Å². The van der Waals surface area contributed by atoms with E-state index in [1.54, 1.807) is 4.90 Å². The topological polar surface area (TPSA) is 70.8 Å². The smallest absolute Gasteiger partial charge is 0.410 e. The number of amides is 1. The molecule has 7 heteroatoms. The molecule has 1 atom stereocenters. The highest BCUT2D eigenvalue weighted by Gasteiger charge is 2.33. The van der Waals surface area contributed by atoms with Crippen LogP contribution in [0.4, 0.5) is 10.5 Å². The van der Waals surface area contributed by atoms with Crippen LogP contribution in [0.5, 0.6) is 0 Å². The molecule has 0 bridgehead atoms. The van der Waals surface area contributed by atoms with E-state index in [2.05, 4.69) is 53.4 Å². The second kappa shape index (κ2) is 8.06. The van der Waals surface area contributed by atoms with Gasteiger partial charge in [0.15, 0.2) is 0 Å². The number of nitrogens with zero attached hydrogens (tertiary/aromatic N) is 4. The third-order valence-electron chi connectivity index (χ3n) is 5.23. The highest BCUT2D eigenvalue weighted by atomic mass is 16.6. The Bertz CT molecular complexity index is 865. The van der Waals surface area contributed by atoms with Crippen LogP contribution in [0.15, 0.2) is 24.4 Å². The maximum atomic E-state index is 12.5. The van der Waals surface area contributed by atoms with Gasteiger partial charge in [-0.2, -0.15) is 0 Å². The monoisotopic (exact) mass is 400 g/mol. The second-order valence-corrected chi connectivity index (χ2v) is 8.74. The van der Waals surface area contributed by atoms with E-state index >= 15 is 0 Å².